The Kier molecular flexibility index (Phi) is 4.25. The van der Waals surface area contributed by atoms with E-state index in [2.05, 4.69) is 5.16 Å². The maximum atomic E-state index is 11.5. The van der Waals surface area contributed by atoms with Gasteiger partial charge in [0.2, 0.25) is 0 Å². The minimum absolute atomic E-state index is 0.00897. The van der Waals surface area contributed by atoms with E-state index in [1.54, 1.807) is 12.1 Å². The largest absolute Gasteiger partial charge is 0.395 e. The molecule has 1 heterocycles. The van der Waals surface area contributed by atoms with Crippen LogP contribution >= 0.6 is 23.2 Å². The summed E-state index contributed by atoms with van der Waals surface area (Å²) in [6.45, 7) is 2.30. The van der Waals surface area contributed by atoms with E-state index in [0.29, 0.717) is 29.5 Å². The van der Waals surface area contributed by atoms with Gasteiger partial charge in [0.25, 0.3) is 0 Å². The van der Waals surface area contributed by atoms with Crippen molar-refractivity contribution in [1.82, 2.24) is 0 Å². The van der Waals surface area contributed by atoms with E-state index in [1.807, 2.05) is 13.0 Å². The summed E-state index contributed by atoms with van der Waals surface area (Å²) in [6, 6.07) is 5.31. The minimum atomic E-state index is 0.00897. The van der Waals surface area contributed by atoms with Crippen molar-refractivity contribution >= 4 is 34.7 Å². The Morgan fingerprint density at radius 2 is 2.22 bits per heavy atom. The number of benzene rings is 1. The molecule has 0 aliphatic carbocycles. The molecule has 0 amide bonds. The molecule has 0 fully saturated rings. The highest BCUT2D eigenvalue weighted by Gasteiger charge is 2.26. The Balaban J connectivity index is 2.20. The lowest BCUT2D eigenvalue weighted by molar-refractivity contribution is -0.119. The van der Waals surface area contributed by atoms with Crippen molar-refractivity contribution < 1.29 is 9.63 Å². The topological polar surface area (TPSA) is 38.7 Å². The molecule has 1 atom stereocenters. The molecule has 96 valence electrons. The van der Waals surface area contributed by atoms with Gasteiger partial charge in [0.1, 0.15) is 12.4 Å². The van der Waals surface area contributed by atoms with Gasteiger partial charge in [0.15, 0.2) is 0 Å². The molecule has 5 heteroatoms. The Hall–Kier alpha value is -1.06. The van der Waals surface area contributed by atoms with E-state index >= 15 is 0 Å². The van der Waals surface area contributed by atoms with Gasteiger partial charge in [-0.3, -0.25) is 4.79 Å². The van der Waals surface area contributed by atoms with Crippen molar-refractivity contribution in [3.63, 3.8) is 0 Å². The van der Waals surface area contributed by atoms with Gasteiger partial charge in [-0.25, -0.2) is 0 Å². The van der Waals surface area contributed by atoms with Crippen molar-refractivity contribution in [2.24, 2.45) is 11.1 Å². The van der Waals surface area contributed by atoms with Crippen molar-refractivity contribution in [2.45, 2.75) is 19.8 Å². The highest BCUT2D eigenvalue weighted by molar-refractivity contribution is 6.42. The molecule has 1 aliphatic rings. The standard InChI is InChI=1S/C13H13Cl2NO2/c1-2-10(17)5-9-7-18-16-13(9)8-3-4-11(14)12(15)6-8/h3-4,6,9H,2,5,7H2,1H3. The molecule has 3 nitrogen and oxygen atoms in total. The molecule has 0 saturated carbocycles. The van der Waals surface area contributed by atoms with Crippen LogP contribution in [-0.2, 0) is 9.63 Å². The van der Waals surface area contributed by atoms with Crippen molar-refractivity contribution in [3.05, 3.63) is 33.8 Å². The fraction of sp³-hybridized carbons (Fsp3) is 0.385. The smallest absolute Gasteiger partial charge is 0.133 e. The molecular weight excluding hydrogens is 273 g/mol. The van der Waals surface area contributed by atoms with Crippen molar-refractivity contribution in [3.8, 4) is 0 Å². The van der Waals surface area contributed by atoms with Crippen LogP contribution in [0.5, 0.6) is 0 Å². The van der Waals surface area contributed by atoms with Crippen LogP contribution in [-0.4, -0.2) is 18.1 Å². The molecule has 1 unspecified atom stereocenters. The summed E-state index contributed by atoms with van der Waals surface area (Å²) in [5, 5.41) is 4.99. The molecule has 0 aromatic heterocycles. The van der Waals surface area contributed by atoms with E-state index < -0.39 is 0 Å². The summed E-state index contributed by atoms with van der Waals surface area (Å²) in [5.41, 5.74) is 1.63. The second-order valence-electron chi connectivity index (χ2n) is 4.19. The van der Waals surface area contributed by atoms with E-state index in [1.165, 1.54) is 0 Å². The highest BCUT2D eigenvalue weighted by atomic mass is 35.5. The first kappa shape index (κ1) is 13.4. The molecule has 18 heavy (non-hydrogen) atoms. The fourth-order valence-electron chi connectivity index (χ4n) is 1.87. The van der Waals surface area contributed by atoms with Gasteiger partial charge in [0, 0.05) is 24.3 Å². The van der Waals surface area contributed by atoms with E-state index in [-0.39, 0.29) is 11.7 Å². The normalized spacial score (nSPS) is 18.4. The minimum Gasteiger partial charge on any atom is -0.395 e. The first-order chi connectivity index (χ1) is 8.61. The predicted octanol–water partition coefficient (Wildman–Crippen LogP) is 3.71. The van der Waals surface area contributed by atoms with Crippen LogP contribution < -0.4 is 0 Å². The lowest BCUT2D eigenvalue weighted by atomic mass is 9.93. The van der Waals surface area contributed by atoms with Crippen LogP contribution in [0.15, 0.2) is 23.4 Å². The van der Waals surface area contributed by atoms with E-state index in [9.17, 15) is 4.79 Å². The number of Topliss-reactive ketones (excluding diaryl/α,β-unsaturated/α-hetero) is 1. The van der Waals surface area contributed by atoms with Crippen LogP contribution in [0.2, 0.25) is 10.0 Å². The molecule has 1 aromatic carbocycles. The molecular formula is C13H13Cl2NO2. The van der Waals surface area contributed by atoms with Crippen molar-refractivity contribution in [2.75, 3.05) is 6.61 Å². The van der Waals surface area contributed by atoms with E-state index in [4.69, 9.17) is 28.0 Å². The average molecular weight is 286 g/mol. The van der Waals surface area contributed by atoms with Gasteiger partial charge in [-0.05, 0) is 12.1 Å². The molecule has 1 aromatic rings. The van der Waals surface area contributed by atoms with Crippen LogP contribution in [0.4, 0.5) is 0 Å². The van der Waals surface area contributed by atoms with Crippen LogP contribution in [0.3, 0.4) is 0 Å². The van der Waals surface area contributed by atoms with Gasteiger partial charge >= 0.3 is 0 Å². The van der Waals surface area contributed by atoms with Gasteiger partial charge in [-0.1, -0.05) is 41.3 Å². The molecule has 1 aliphatic heterocycles. The lowest BCUT2D eigenvalue weighted by Gasteiger charge is -2.09. The zero-order valence-corrected chi connectivity index (χ0v) is 11.5. The third-order valence-electron chi connectivity index (χ3n) is 2.91. The molecule has 0 N–H and O–H groups in total. The number of ketones is 1. The predicted molar refractivity (Wildman–Crippen MR) is 72.4 cm³/mol. The fourth-order valence-corrected chi connectivity index (χ4v) is 2.17. The van der Waals surface area contributed by atoms with Crippen LogP contribution in [0.1, 0.15) is 25.3 Å². The first-order valence-corrected chi connectivity index (χ1v) is 6.54. The number of oxime groups is 1. The van der Waals surface area contributed by atoms with E-state index in [0.717, 1.165) is 11.3 Å². The Bertz CT molecular complexity index is 500. The Labute approximate surface area is 116 Å². The average Bonchev–Trinajstić information content (AvgIpc) is 2.80. The third kappa shape index (κ3) is 2.85. The number of carbonyl (C=O) groups is 1. The number of hydrogen-bond acceptors (Lipinski definition) is 3. The second-order valence-corrected chi connectivity index (χ2v) is 5.01. The summed E-state index contributed by atoms with van der Waals surface area (Å²) in [6.07, 6.45) is 0.987. The second kappa shape index (κ2) is 5.72. The number of hydrogen-bond donors (Lipinski definition) is 0. The van der Waals surface area contributed by atoms with Gasteiger partial charge in [-0.2, -0.15) is 0 Å². The molecule has 0 spiro atoms. The zero-order chi connectivity index (χ0) is 13.1. The maximum Gasteiger partial charge on any atom is 0.133 e. The van der Waals surface area contributed by atoms with Gasteiger partial charge in [-0.15, -0.1) is 0 Å². The first-order valence-electron chi connectivity index (χ1n) is 5.78. The van der Waals surface area contributed by atoms with Gasteiger partial charge in [0.05, 0.1) is 15.8 Å². The summed E-state index contributed by atoms with van der Waals surface area (Å²) >= 11 is 11.9. The highest BCUT2D eigenvalue weighted by Crippen LogP contribution is 2.27. The Morgan fingerprint density at radius 1 is 1.44 bits per heavy atom. The molecule has 2 rings (SSSR count). The summed E-state index contributed by atoms with van der Waals surface area (Å²) < 4.78 is 0. The monoisotopic (exact) mass is 285 g/mol. The molecule has 0 saturated heterocycles. The SMILES string of the molecule is CCC(=O)CC1CON=C1c1ccc(Cl)c(Cl)c1. The third-order valence-corrected chi connectivity index (χ3v) is 3.65. The maximum absolute atomic E-state index is 11.5. The van der Waals surface area contributed by atoms with Crippen LogP contribution in [0, 0.1) is 5.92 Å². The molecule has 0 bridgehead atoms. The van der Waals surface area contributed by atoms with Gasteiger partial charge < -0.3 is 4.84 Å². The summed E-state index contributed by atoms with van der Waals surface area (Å²) in [5.74, 6) is 0.216. The van der Waals surface area contributed by atoms with Crippen LogP contribution in [0.25, 0.3) is 0 Å². The summed E-state index contributed by atoms with van der Waals surface area (Å²) in [7, 11) is 0. The molecule has 0 radical (unpaired) electrons. The number of rotatable bonds is 4. The lowest BCUT2D eigenvalue weighted by Crippen LogP contribution is -2.18. The quantitative estimate of drug-likeness (QED) is 0.846. The van der Waals surface area contributed by atoms with Crippen molar-refractivity contribution in [1.29, 1.82) is 0 Å². The number of halogens is 2. The zero-order valence-electron chi connectivity index (χ0n) is 9.95. The summed E-state index contributed by atoms with van der Waals surface area (Å²) in [4.78, 5) is 16.6. The Morgan fingerprint density at radius 3 is 2.89 bits per heavy atom. The number of carbonyl (C=O) groups excluding carboxylic acids is 1. The number of nitrogens with zero attached hydrogens (tertiary/aromatic N) is 1.